The number of amides is 1. The predicted octanol–water partition coefficient (Wildman–Crippen LogP) is 6.06. The van der Waals surface area contributed by atoms with Crippen molar-refractivity contribution in [2.75, 3.05) is 11.5 Å². The maximum atomic E-state index is 13.7. The van der Waals surface area contributed by atoms with Crippen molar-refractivity contribution in [2.45, 2.75) is 26.8 Å². The van der Waals surface area contributed by atoms with Crippen molar-refractivity contribution in [2.24, 2.45) is 0 Å². The Bertz CT molecular complexity index is 1870. The SMILES string of the molecule is C=CCOc1ccc(C2/C(=C(\O)c3c(C)nc4ccccn34)C(=O)C(=O)N2c2nc3c(C)cc(C)cc3s2)cc1. The number of imidazole rings is 1. The molecule has 0 saturated carbocycles. The van der Waals surface area contributed by atoms with Gasteiger partial charge in [0.2, 0.25) is 0 Å². The van der Waals surface area contributed by atoms with E-state index < -0.39 is 17.7 Å². The number of ketones is 1. The second kappa shape index (κ2) is 9.77. The number of hydrogen-bond donors (Lipinski definition) is 1. The van der Waals surface area contributed by atoms with Crippen LogP contribution in [-0.4, -0.2) is 37.8 Å². The van der Waals surface area contributed by atoms with Gasteiger partial charge in [-0.2, -0.15) is 0 Å². The third-order valence-electron chi connectivity index (χ3n) is 6.96. The number of fused-ring (bicyclic) bond motifs is 2. The van der Waals surface area contributed by atoms with Gasteiger partial charge in [0.1, 0.15) is 23.7 Å². The van der Waals surface area contributed by atoms with Gasteiger partial charge in [-0.05, 0) is 67.8 Å². The molecule has 1 saturated heterocycles. The molecule has 1 aliphatic heterocycles. The average Bonchev–Trinajstić information content (AvgIpc) is 3.58. The number of carbonyl (C=O) groups is 2. The van der Waals surface area contributed by atoms with Crippen LogP contribution in [0.5, 0.6) is 5.75 Å². The second-order valence-corrected chi connectivity index (χ2v) is 10.7. The summed E-state index contributed by atoms with van der Waals surface area (Å²) in [7, 11) is 0. The van der Waals surface area contributed by atoms with E-state index in [-0.39, 0.29) is 11.3 Å². The highest BCUT2D eigenvalue weighted by atomic mass is 32.1. The smallest absolute Gasteiger partial charge is 0.301 e. The van der Waals surface area contributed by atoms with E-state index in [4.69, 9.17) is 9.72 Å². The van der Waals surface area contributed by atoms with Crippen LogP contribution in [0, 0.1) is 20.8 Å². The number of carbonyl (C=O) groups excluding carboxylic acids is 2. The molecule has 9 heteroatoms. The lowest BCUT2D eigenvalue weighted by Gasteiger charge is -2.23. The first-order valence-electron chi connectivity index (χ1n) is 12.7. The summed E-state index contributed by atoms with van der Waals surface area (Å²) in [4.78, 5) is 38.1. The number of hydrogen-bond acceptors (Lipinski definition) is 7. The van der Waals surface area contributed by atoms with Gasteiger partial charge < -0.3 is 9.84 Å². The van der Waals surface area contributed by atoms with Crippen LogP contribution in [0.3, 0.4) is 0 Å². The molecule has 5 aromatic rings. The lowest BCUT2D eigenvalue weighted by atomic mass is 9.96. The maximum absolute atomic E-state index is 13.7. The summed E-state index contributed by atoms with van der Waals surface area (Å²) in [5, 5.41) is 12.1. The van der Waals surface area contributed by atoms with E-state index in [0.29, 0.717) is 40.1 Å². The van der Waals surface area contributed by atoms with Crippen molar-refractivity contribution in [1.29, 1.82) is 0 Å². The number of aliphatic hydroxyl groups excluding tert-OH is 1. The topological polar surface area (TPSA) is 97.0 Å². The molecule has 1 atom stereocenters. The first-order chi connectivity index (χ1) is 19.3. The van der Waals surface area contributed by atoms with Crippen LogP contribution in [0.25, 0.3) is 21.6 Å². The molecule has 2 aromatic carbocycles. The molecule has 6 rings (SSSR count). The number of ether oxygens (including phenoxy) is 1. The van der Waals surface area contributed by atoms with Gasteiger partial charge in [0.15, 0.2) is 10.9 Å². The zero-order valence-electron chi connectivity index (χ0n) is 22.2. The lowest BCUT2D eigenvalue weighted by Crippen LogP contribution is -2.29. The minimum absolute atomic E-state index is 0.0225. The van der Waals surface area contributed by atoms with E-state index in [1.807, 2.05) is 44.2 Å². The van der Waals surface area contributed by atoms with E-state index in [9.17, 15) is 14.7 Å². The minimum atomic E-state index is -0.913. The Balaban J connectivity index is 1.57. The quantitative estimate of drug-likeness (QED) is 0.119. The molecule has 8 nitrogen and oxygen atoms in total. The van der Waals surface area contributed by atoms with Crippen LogP contribution >= 0.6 is 11.3 Å². The number of aryl methyl sites for hydroxylation is 3. The van der Waals surface area contributed by atoms with Gasteiger partial charge in [-0.15, -0.1) is 0 Å². The van der Waals surface area contributed by atoms with Gasteiger partial charge >= 0.3 is 5.91 Å². The molecule has 40 heavy (non-hydrogen) atoms. The first-order valence-corrected chi connectivity index (χ1v) is 13.6. The van der Waals surface area contributed by atoms with E-state index in [1.54, 1.807) is 47.9 Å². The molecule has 0 aliphatic carbocycles. The van der Waals surface area contributed by atoms with Crippen LogP contribution < -0.4 is 9.64 Å². The standard InChI is InChI=1S/C31H26N4O4S/c1-5-14-39-21-11-9-20(10-12-21)27-24(28(36)26-19(4)32-23-8-6-7-13-34(23)26)29(37)30(38)35(27)31-33-25-18(3)15-17(2)16-22(25)40-31/h5-13,15-16,27,36H,1,14H2,2-4H3/b28-24+. The molecule has 0 bridgehead atoms. The number of nitrogens with zero attached hydrogens (tertiary/aromatic N) is 4. The number of anilines is 1. The molecule has 1 amide bonds. The number of benzene rings is 2. The Morgan fingerprint density at radius 3 is 2.62 bits per heavy atom. The summed E-state index contributed by atoms with van der Waals surface area (Å²) < 4.78 is 8.27. The molecule has 1 aliphatic rings. The Morgan fingerprint density at radius 2 is 1.88 bits per heavy atom. The largest absolute Gasteiger partial charge is 0.505 e. The van der Waals surface area contributed by atoms with Gasteiger partial charge in [0.05, 0.1) is 27.5 Å². The summed E-state index contributed by atoms with van der Waals surface area (Å²) in [6.45, 7) is 9.76. The van der Waals surface area contributed by atoms with E-state index >= 15 is 0 Å². The third kappa shape index (κ3) is 4.06. The van der Waals surface area contributed by atoms with Crippen LogP contribution in [-0.2, 0) is 9.59 Å². The van der Waals surface area contributed by atoms with Crippen molar-refractivity contribution >= 4 is 49.8 Å². The number of aromatic nitrogens is 3. The van der Waals surface area contributed by atoms with Crippen molar-refractivity contribution in [1.82, 2.24) is 14.4 Å². The molecule has 200 valence electrons. The first kappa shape index (κ1) is 25.5. The maximum Gasteiger partial charge on any atom is 0.301 e. The fourth-order valence-electron chi connectivity index (χ4n) is 5.24. The highest BCUT2D eigenvalue weighted by Crippen LogP contribution is 2.45. The van der Waals surface area contributed by atoms with Crippen molar-refractivity contribution < 1.29 is 19.4 Å². The van der Waals surface area contributed by atoms with Crippen LogP contribution in [0.15, 0.2) is 79.0 Å². The van der Waals surface area contributed by atoms with Crippen LogP contribution in [0.1, 0.15) is 34.1 Å². The number of pyridine rings is 1. The van der Waals surface area contributed by atoms with E-state index in [0.717, 1.165) is 21.3 Å². The predicted molar refractivity (Wildman–Crippen MR) is 156 cm³/mol. The van der Waals surface area contributed by atoms with Crippen LogP contribution in [0.2, 0.25) is 0 Å². The van der Waals surface area contributed by atoms with Gasteiger partial charge in [0.25, 0.3) is 5.78 Å². The Morgan fingerprint density at radius 1 is 1.10 bits per heavy atom. The number of thiazole rings is 1. The summed E-state index contributed by atoms with van der Waals surface area (Å²) in [5.41, 5.74) is 4.96. The minimum Gasteiger partial charge on any atom is -0.505 e. The Hall–Kier alpha value is -4.76. The second-order valence-electron chi connectivity index (χ2n) is 9.74. The molecule has 3 aromatic heterocycles. The summed E-state index contributed by atoms with van der Waals surface area (Å²) in [6.07, 6.45) is 3.41. The normalized spacial score (nSPS) is 16.8. The number of rotatable bonds is 6. The molecule has 1 fully saturated rings. The monoisotopic (exact) mass is 550 g/mol. The number of aliphatic hydroxyl groups is 1. The Labute approximate surface area is 234 Å². The molecule has 1 unspecified atom stereocenters. The number of Topliss-reactive ketones (excluding diaryl/α,β-unsaturated/α-hetero) is 1. The molecule has 0 radical (unpaired) electrons. The summed E-state index contributed by atoms with van der Waals surface area (Å²) in [5.74, 6) is -1.21. The molecule has 4 heterocycles. The molecule has 0 spiro atoms. The van der Waals surface area contributed by atoms with Crippen LogP contribution in [0.4, 0.5) is 5.13 Å². The highest BCUT2D eigenvalue weighted by molar-refractivity contribution is 7.22. The Kier molecular flexibility index (Phi) is 6.23. The fraction of sp³-hybridized carbons (Fsp3) is 0.161. The zero-order valence-corrected chi connectivity index (χ0v) is 23.0. The van der Waals surface area contributed by atoms with E-state index in [1.165, 1.54) is 16.2 Å². The summed E-state index contributed by atoms with van der Waals surface area (Å²) >= 11 is 1.34. The van der Waals surface area contributed by atoms with Gasteiger partial charge in [-0.1, -0.05) is 48.3 Å². The average molecular weight is 551 g/mol. The van der Waals surface area contributed by atoms with Gasteiger partial charge in [-0.3, -0.25) is 18.9 Å². The van der Waals surface area contributed by atoms with Gasteiger partial charge in [0, 0.05) is 6.20 Å². The van der Waals surface area contributed by atoms with Gasteiger partial charge in [-0.25, -0.2) is 9.97 Å². The van der Waals surface area contributed by atoms with Crippen molar-refractivity contribution in [3.8, 4) is 5.75 Å². The molecule has 1 N–H and O–H groups in total. The lowest BCUT2D eigenvalue weighted by molar-refractivity contribution is -0.132. The zero-order chi connectivity index (χ0) is 28.1. The van der Waals surface area contributed by atoms with Crippen molar-refractivity contribution in [3.05, 3.63) is 107 Å². The van der Waals surface area contributed by atoms with E-state index in [2.05, 4.69) is 11.6 Å². The highest BCUT2D eigenvalue weighted by Gasteiger charge is 2.48. The fourth-order valence-corrected chi connectivity index (χ4v) is 6.40. The third-order valence-corrected chi connectivity index (χ3v) is 7.96. The van der Waals surface area contributed by atoms with Crippen molar-refractivity contribution in [3.63, 3.8) is 0 Å². The molecular formula is C31H26N4O4S. The summed E-state index contributed by atoms with van der Waals surface area (Å²) in [6, 6.07) is 15.7. The molecular weight excluding hydrogens is 524 g/mol.